The Bertz CT molecular complexity index is 675. The number of hydrogen-bond acceptors (Lipinski definition) is 3. The minimum Gasteiger partial charge on any atom is -0.462 e. The summed E-state index contributed by atoms with van der Waals surface area (Å²) in [5.41, 5.74) is 2.83. The number of esters is 1. The zero-order chi connectivity index (χ0) is 17.4. The summed E-state index contributed by atoms with van der Waals surface area (Å²) in [6.45, 7) is 4.52. The zero-order valence-corrected chi connectivity index (χ0v) is 14.2. The van der Waals surface area contributed by atoms with Crippen molar-refractivity contribution in [1.29, 1.82) is 0 Å². The summed E-state index contributed by atoms with van der Waals surface area (Å²) in [4.78, 5) is 24.0. The molecule has 0 fully saturated rings. The average Bonchev–Trinajstić information content (AvgIpc) is 2.59. The Hall–Kier alpha value is -2.62. The number of benzene rings is 2. The van der Waals surface area contributed by atoms with Crippen molar-refractivity contribution in [3.05, 3.63) is 65.2 Å². The largest absolute Gasteiger partial charge is 0.462 e. The highest BCUT2D eigenvalue weighted by atomic mass is 16.5. The highest BCUT2D eigenvalue weighted by Gasteiger charge is 2.09. The van der Waals surface area contributed by atoms with Gasteiger partial charge in [-0.05, 0) is 49.7 Å². The van der Waals surface area contributed by atoms with Gasteiger partial charge in [0.15, 0.2) is 0 Å². The number of hydrogen-bond donors (Lipinski definition) is 1. The molecule has 0 aliphatic carbocycles. The fourth-order valence-corrected chi connectivity index (χ4v) is 2.20. The molecule has 0 bridgehead atoms. The molecule has 0 atom stereocenters. The maximum absolute atomic E-state index is 12.1. The Labute approximate surface area is 142 Å². The molecule has 0 heterocycles. The Morgan fingerprint density at radius 2 is 1.54 bits per heavy atom. The molecule has 24 heavy (non-hydrogen) atoms. The third-order valence-corrected chi connectivity index (χ3v) is 3.67. The van der Waals surface area contributed by atoms with Gasteiger partial charge in [-0.15, -0.1) is 0 Å². The van der Waals surface area contributed by atoms with Gasteiger partial charge in [-0.25, -0.2) is 4.79 Å². The summed E-state index contributed by atoms with van der Waals surface area (Å²) in [7, 11) is 0. The van der Waals surface area contributed by atoms with Gasteiger partial charge in [0.1, 0.15) is 0 Å². The molecular formula is C20H23NO3. The summed E-state index contributed by atoms with van der Waals surface area (Å²) in [5, 5.41) is 2.81. The van der Waals surface area contributed by atoms with E-state index in [0.717, 1.165) is 24.8 Å². The minimum absolute atomic E-state index is 0.176. The molecule has 0 unspecified atom stereocenters. The van der Waals surface area contributed by atoms with Gasteiger partial charge in [-0.2, -0.15) is 0 Å². The van der Waals surface area contributed by atoms with Gasteiger partial charge < -0.3 is 10.1 Å². The summed E-state index contributed by atoms with van der Waals surface area (Å²) < 4.78 is 5.21. The number of nitrogens with one attached hydrogen (secondary N) is 1. The molecule has 0 radical (unpaired) electrons. The van der Waals surface area contributed by atoms with Crippen LogP contribution >= 0.6 is 0 Å². The molecule has 0 saturated heterocycles. The first-order chi connectivity index (χ1) is 11.6. The van der Waals surface area contributed by atoms with Gasteiger partial charge >= 0.3 is 5.97 Å². The van der Waals surface area contributed by atoms with E-state index in [2.05, 4.69) is 12.2 Å². The second-order valence-corrected chi connectivity index (χ2v) is 5.74. The lowest BCUT2D eigenvalue weighted by Crippen LogP contribution is -2.12. The van der Waals surface area contributed by atoms with Crippen LogP contribution in [0.4, 0.5) is 5.69 Å². The first kappa shape index (κ1) is 17.7. The van der Waals surface area contributed by atoms with E-state index in [9.17, 15) is 9.59 Å². The molecule has 4 heteroatoms. The number of carbonyl (C=O) groups excluding carboxylic acids is 2. The standard InChI is InChI=1S/C20H23NO3/c1-3-4-5-14-24-20(23)17-10-12-18(13-11-17)21-19(22)16-8-6-15(2)7-9-16/h6-13H,3-5,14H2,1-2H3,(H,21,22). The monoisotopic (exact) mass is 325 g/mol. The second kappa shape index (κ2) is 8.87. The van der Waals surface area contributed by atoms with Gasteiger partial charge in [0.05, 0.1) is 12.2 Å². The van der Waals surface area contributed by atoms with Crippen LogP contribution in [0, 0.1) is 6.92 Å². The topological polar surface area (TPSA) is 55.4 Å². The Balaban J connectivity index is 1.90. The lowest BCUT2D eigenvalue weighted by atomic mass is 10.1. The van der Waals surface area contributed by atoms with Crippen LogP contribution in [-0.2, 0) is 4.74 Å². The first-order valence-corrected chi connectivity index (χ1v) is 8.25. The second-order valence-electron chi connectivity index (χ2n) is 5.74. The number of aryl methyl sites for hydroxylation is 1. The molecule has 0 aromatic heterocycles. The maximum Gasteiger partial charge on any atom is 0.338 e. The van der Waals surface area contributed by atoms with Gasteiger partial charge in [0.2, 0.25) is 0 Å². The normalized spacial score (nSPS) is 10.2. The zero-order valence-electron chi connectivity index (χ0n) is 14.2. The highest BCUT2D eigenvalue weighted by molar-refractivity contribution is 6.04. The Kier molecular flexibility index (Phi) is 6.55. The van der Waals surface area contributed by atoms with E-state index in [1.54, 1.807) is 36.4 Å². The van der Waals surface area contributed by atoms with Crippen molar-refractivity contribution in [2.45, 2.75) is 33.1 Å². The molecule has 1 amide bonds. The van der Waals surface area contributed by atoms with Crippen LogP contribution in [0.25, 0.3) is 0 Å². The third-order valence-electron chi connectivity index (χ3n) is 3.67. The van der Waals surface area contributed by atoms with Gasteiger partial charge in [0, 0.05) is 11.3 Å². The van der Waals surface area contributed by atoms with Gasteiger partial charge in [-0.3, -0.25) is 4.79 Å². The number of unbranched alkanes of at least 4 members (excludes halogenated alkanes) is 2. The Morgan fingerprint density at radius 3 is 2.17 bits per heavy atom. The van der Waals surface area contributed by atoms with Crippen LogP contribution in [0.2, 0.25) is 0 Å². The molecule has 126 valence electrons. The van der Waals surface area contributed by atoms with E-state index in [0.29, 0.717) is 23.4 Å². The predicted octanol–water partition coefficient (Wildman–Crippen LogP) is 4.59. The van der Waals surface area contributed by atoms with Gasteiger partial charge in [-0.1, -0.05) is 37.5 Å². The highest BCUT2D eigenvalue weighted by Crippen LogP contribution is 2.13. The predicted molar refractivity (Wildman–Crippen MR) is 95.4 cm³/mol. The molecule has 0 saturated carbocycles. The van der Waals surface area contributed by atoms with E-state index >= 15 is 0 Å². The number of amides is 1. The van der Waals surface area contributed by atoms with Crippen LogP contribution in [0.1, 0.15) is 52.5 Å². The molecule has 2 rings (SSSR count). The lowest BCUT2D eigenvalue weighted by molar-refractivity contribution is 0.0498. The van der Waals surface area contributed by atoms with Crippen LogP contribution in [0.5, 0.6) is 0 Å². The molecule has 4 nitrogen and oxygen atoms in total. The average molecular weight is 325 g/mol. The summed E-state index contributed by atoms with van der Waals surface area (Å²) in [6.07, 6.45) is 3.02. The molecule has 1 N–H and O–H groups in total. The molecule has 0 aliphatic heterocycles. The Morgan fingerprint density at radius 1 is 0.917 bits per heavy atom. The molecule has 2 aromatic carbocycles. The van der Waals surface area contributed by atoms with Crippen LogP contribution < -0.4 is 5.32 Å². The van der Waals surface area contributed by atoms with E-state index in [-0.39, 0.29) is 11.9 Å². The fraction of sp³-hybridized carbons (Fsp3) is 0.300. The number of rotatable bonds is 7. The molecular weight excluding hydrogens is 302 g/mol. The van der Waals surface area contributed by atoms with E-state index < -0.39 is 0 Å². The lowest BCUT2D eigenvalue weighted by Gasteiger charge is -2.07. The van der Waals surface area contributed by atoms with Crippen LogP contribution in [0.3, 0.4) is 0 Å². The first-order valence-electron chi connectivity index (χ1n) is 8.25. The van der Waals surface area contributed by atoms with Crippen molar-refractivity contribution < 1.29 is 14.3 Å². The van der Waals surface area contributed by atoms with Crippen LogP contribution in [-0.4, -0.2) is 18.5 Å². The minimum atomic E-state index is -0.331. The summed E-state index contributed by atoms with van der Waals surface area (Å²) >= 11 is 0. The molecule has 0 spiro atoms. The molecule has 0 aliphatic rings. The van der Waals surface area contributed by atoms with Crippen molar-refractivity contribution in [3.63, 3.8) is 0 Å². The SMILES string of the molecule is CCCCCOC(=O)c1ccc(NC(=O)c2ccc(C)cc2)cc1. The molecule has 2 aromatic rings. The van der Waals surface area contributed by atoms with E-state index in [1.807, 2.05) is 19.1 Å². The van der Waals surface area contributed by atoms with Crippen molar-refractivity contribution in [2.75, 3.05) is 11.9 Å². The summed E-state index contributed by atoms with van der Waals surface area (Å²) in [6, 6.07) is 14.1. The third kappa shape index (κ3) is 5.23. The quantitative estimate of drug-likeness (QED) is 0.598. The van der Waals surface area contributed by atoms with Gasteiger partial charge in [0.25, 0.3) is 5.91 Å². The van der Waals surface area contributed by atoms with Crippen molar-refractivity contribution in [3.8, 4) is 0 Å². The summed E-state index contributed by atoms with van der Waals surface area (Å²) in [5.74, 6) is -0.507. The fourth-order valence-electron chi connectivity index (χ4n) is 2.20. The smallest absolute Gasteiger partial charge is 0.338 e. The number of ether oxygens (including phenoxy) is 1. The van der Waals surface area contributed by atoms with Crippen LogP contribution in [0.15, 0.2) is 48.5 Å². The maximum atomic E-state index is 12.1. The van der Waals surface area contributed by atoms with Crippen molar-refractivity contribution >= 4 is 17.6 Å². The number of anilines is 1. The number of carbonyl (C=O) groups is 2. The van der Waals surface area contributed by atoms with E-state index in [4.69, 9.17) is 4.74 Å². The van der Waals surface area contributed by atoms with Crippen molar-refractivity contribution in [2.24, 2.45) is 0 Å². The van der Waals surface area contributed by atoms with Crippen molar-refractivity contribution in [1.82, 2.24) is 0 Å². The van der Waals surface area contributed by atoms with E-state index in [1.165, 1.54) is 0 Å².